The average molecular weight is 296 g/mol. The molecule has 0 aromatic heterocycles. The van der Waals surface area contributed by atoms with Gasteiger partial charge >= 0.3 is 5.97 Å². The zero-order valence-electron chi connectivity index (χ0n) is 12.3. The van der Waals surface area contributed by atoms with Gasteiger partial charge in [-0.3, -0.25) is 14.5 Å². The van der Waals surface area contributed by atoms with E-state index in [1.165, 1.54) is 0 Å². The molecule has 1 amide bonds. The van der Waals surface area contributed by atoms with Crippen molar-refractivity contribution in [2.75, 3.05) is 26.2 Å². The van der Waals surface area contributed by atoms with Crippen LogP contribution in [0.25, 0.3) is 0 Å². The van der Waals surface area contributed by atoms with E-state index in [0.717, 1.165) is 45.3 Å². The van der Waals surface area contributed by atoms with Gasteiger partial charge in [0.25, 0.3) is 0 Å². The van der Waals surface area contributed by atoms with Crippen molar-refractivity contribution in [2.24, 2.45) is 11.8 Å². The molecule has 4 atom stereocenters. The number of carboxylic acid groups (broad SMARTS) is 1. The Morgan fingerprint density at radius 3 is 2.81 bits per heavy atom. The van der Waals surface area contributed by atoms with Crippen LogP contribution in [0.2, 0.25) is 0 Å². The first-order valence-corrected chi connectivity index (χ1v) is 8.00. The lowest BCUT2D eigenvalue weighted by molar-refractivity contribution is -0.144. The van der Waals surface area contributed by atoms with Crippen LogP contribution in [0.5, 0.6) is 0 Å². The molecule has 4 unspecified atom stereocenters. The smallest absolute Gasteiger partial charge is 0.321 e. The zero-order valence-corrected chi connectivity index (χ0v) is 12.3. The van der Waals surface area contributed by atoms with Crippen LogP contribution in [0.4, 0.5) is 0 Å². The normalized spacial score (nSPS) is 35.8. The lowest BCUT2D eigenvalue weighted by atomic mass is 9.94. The summed E-state index contributed by atoms with van der Waals surface area (Å²) in [6, 6.07) is -0.481. The summed E-state index contributed by atoms with van der Waals surface area (Å²) < 4.78 is 5.47. The molecule has 3 fully saturated rings. The van der Waals surface area contributed by atoms with Gasteiger partial charge in [-0.1, -0.05) is 6.42 Å². The van der Waals surface area contributed by atoms with Crippen molar-refractivity contribution < 1.29 is 19.4 Å². The van der Waals surface area contributed by atoms with Crippen LogP contribution in [0, 0.1) is 11.8 Å². The predicted octanol–water partition coefficient (Wildman–Crippen LogP) is 0.467. The van der Waals surface area contributed by atoms with Gasteiger partial charge in [0.05, 0.1) is 12.6 Å². The minimum atomic E-state index is -0.781. The summed E-state index contributed by atoms with van der Waals surface area (Å²) in [6.45, 7) is 2.25. The van der Waals surface area contributed by atoms with Crippen LogP contribution in [-0.4, -0.2) is 60.3 Å². The van der Waals surface area contributed by atoms with Gasteiger partial charge in [-0.05, 0) is 37.5 Å². The number of ether oxygens (including phenoxy) is 1. The number of likely N-dealkylation sites (tertiary alicyclic amines) is 1. The molecule has 1 saturated carbocycles. The first kappa shape index (κ1) is 14.8. The molecule has 0 spiro atoms. The Morgan fingerprint density at radius 2 is 2.10 bits per heavy atom. The Labute approximate surface area is 124 Å². The monoisotopic (exact) mass is 296 g/mol. The second kappa shape index (κ2) is 6.32. The molecule has 3 aliphatic rings. The summed E-state index contributed by atoms with van der Waals surface area (Å²) in [7, 11) is 0. The van der Waals surface area contributed by atoms with Crippen molar-refractivity contribution in [1.82, 2.24) is 10.2 Å². The highest BCUT2D eigenvalue weighted by atomic mass is 16.5. The van der Waals surface area contributed by atoms with Crippen molar-refractivity contribution in [1.29, 1.82) is 0 Å². The molecule has 3 rings (SSSR count). The molecule has 0 aromatic rings. The van der Waals surface area contributed by atoms with Crippen LogP contribution in [0.3, 0.4) is 0 Å². The number of hydrogen-bond acceptors (Lipinski definition) is 4. The summed E-state index contributed by atoms with van der Waals surface area (Å²) in [6.07, 6.45) is 5.38. The fraction of sp³-hybridized carbons (Fsp3) is 0.867. The van der Waals surface area contributed by atoms with Crippen LogP contribution < -0.4 is 5.32 Å². The minimum absolute atomic E-state index is 0.0864. The van der Waals surface area contributed by atoms with Gasteiger partial charge in [0, 0.05) is 19.7 Å². The predicted molar refractivity (Wildman–Crippen MR) is 75.8 cm³/mol. The number of nitrogens with one attached hydrogen (secondary N) is 1. The van der Waals surface area contributed by atoms with Crippen molar-refractivity contribution >= 4 is 11.9 Å². The third-order valence-electron chi connectivity index (χ3n) is 5.14. The SMILES string of the molecule is O=C(CN1CC2CCCC2C1C(=O)O)NCC1CCCO1. The summed E-state index contributed by atoms with van der Waals surface area (Å²) in [5, 5.41) is 12.3. The number of nitrogens with zero attached hydrogens (tertiary/aromatic N) is 1. The molecule has 6 heteroatoms. The summed E-state index contributed by atoms with van der Waals surface area (Å²) in [5.41, 5.74) is 0. The summed E-state index contributed by atoms with van der Waals surface area (Å²) in [5.74, 6) is -0.182. The molecule has 0 aromatic carbocycles. The Morgan fingerprint density at radius 1 is 1.24 bits per heavy atom. The van der Waals surface area contributed by atoms with Crippen LogP contribution in [-0.2, 0) is 14.3 Å². The van der Waals surface area contributed by atoms with E-state index in [4.69, 9.17) is 4.74 Å². The van der Waals surface area contributed by atoms with Gasteiger partial charge in [-0.25, -0.2) is 0 Å². The van der Waals surface area contributed by atoms with Gasteiger partial charge in [-0.15, -0.1) is 0 Å². The third kappa shape index (κ3) is 3.21. The number of hydrogen-bond donors (Lipinski definition) is 2. The van der Waals surface area contributed by atoms with E-state index < -0.39 is 12.0 Å². The summed E-state index contributed by atoms with van der Waals surface area (Å²) >= 11 is 0. The quantitative estimate of drug-likeness (QED) is 0.771. The van der Waals surface area contributed by atoms with E-state index in [0.29, 0.717) is 12.5 Å². The third-order valence-corrected chi connectivity index (χ3v) is 5.14. The maximum atomic E-state index is 12.0. The number of amides is 1. The van der Waals surface area contributed by atoms with Crippen LogP contribution in [0.1, 0.15) is 32.1 Å². The molecule has 0 radical (unpaired) electrons. The van der Waals surface area contributed by atoms with Gasteiger partial charge in [0.2, 0.25) is 5.91 Å². The van der Waals surface area contributed by atoms with Gasteiger partial charge in [-0.2, -0.15) is 0 Å². The zero-order chi connectivity index (χ0) is 14.8. The molecular weight excluding hydrogens is 272 g/mol. The molecule has 2 saturated heterocycles. The lowest BCUT2D eigenvalue weighted by Gasteiger charge is -2.23. The number of carboxylic acids is 1. The number of carbonyl (C=O) groups is 2. The number of fused-ring (bicyclic) bond motifs is 1. The molecule has 1 aliphatic carbocycles. The van der Waals surface area contributed by atoms with Crippen molar-refractivity contribution in [3.05, 3.63) is 0 Å². The molecular formula is C15H24N2O4. The molecule has 2 N–H and O–H groups in total. The highest BCUT2D eigenvalue weighted by Gasteiger charge is 2.47. The molecule has 6 nitrogen and oxygen atoms in total. The molecule has 118 valence electrons. The second-order valence-corrected chi connectivity index (χ2v) is 6.51. The van der Waals surface area contributed by atoms with Gasteiger partial charge < -0.3 is 15.2 Å². The van der Waals surface area contributed by atoms with Gasteiger partial charge in [0.1, 0.15) is 6.04 Å². The second-order valence-electron chi connectivity index (χ2n) is 6.51. The number of carbonyl (C=O) groups excluding carboxylic acids is 1. The van der Waals surface area contributed by atoms with E-state index in [1.54, 1.807) is 0 Å². The first-order valence-electron chi connectivity index (χ1n) is 8.00. The molecule has 0 bridgehead atoms. The molecule has 2 heterocycles. The van der Waals surface area contributed by atoms with E-state index in [-0.39, 0.29) is 24.5 Å². The lowest BCUT2D eigenvalue weighted by Crippen LogP contribution is -2.46. The van der Waals surface area contributed by atoms with Crippen LogP contribution in [0.15, 0.2) is 0 Å². The molecule has 2 aliphatic heterocycles. The van der Waals surface area contributed by atoms with Crippen molar-refractivity contribution in [2.45, 2.75) is 44.2 Å². The minimum Gasteiger partial charge on any atom is -0.480 e. The van der Waals surface area contributed by atoms with Crippen molar-refractivity contribution in [3.8, 4) is 0 Å². The Balaban J connectivity index is 1.51. The number of aliphatic carboxylic acids is 1. The van der Waals surface area contributed by atoms with Crippen LogP contribution >= 0.6 is 0 Å². The summed E-state index contributed by atoms with van der Waals surface area (Å²) in [4.78, 5) is 25.4. The van der Waals surface area contributed by atoms with E-state index >= 15 is 0 Å². The maximum absolute atomic E-state index is 12.0. The molecule has 21 heavy (non-hydrogen) atoms. The fourth-order valence-corrected chi connectivity index (χ4v) is 4.17. The van der Waals surface area contributed by atoms with E-state index in [9.17, 15) is 14.7 Å². The largest absolute Gasteiger partial charge is 0.480 e. The van der Waals surface area contributed by atoms with E-state index in [1.807, 2.05) is 4.90 Å². The maximum Gasteiger partial charge on any atom is 0.321 e. The first-order chi connectivity index (χ1) is 10.1. The Bertz CT molecular complexity index is 408. The number of rotatable bonds is 5. The Kier molecular flexibility index (Phi) is 4.45. The van der Waals surface area contributed by atoms with Crippen molar-refractivity contribution in [3.63, 3.8) is 0 Å². The standard InChI is InChI=1S/C15H24N2O4/c18-13(16-7-11-4-2-6-21-11)9-17-8-10-3-1-5-12(10)14(17)15(19)20/h10-12,14H,1-9H2,(H,16,18)(H,19,20). The highest BCUT2D eigenvalue weighted by Crippen LogP contribution is 2.42. The van der Waals surface area contributed by atoms with E-state index in [2.05, 4.69) is 5.32 Å². The fourth-order valence-electron chi connectivity index (χ4n) is 4.17. The highest BCUT2D eigenvalue weighted by molar-refractivity contribution is 5.80. The van der Waals surface area contributed by atoms with Gasteiger partial charge in [0.15, 0.2) is 0 Å². The Hall–Kier alpha value is -1.14. The average Bonchev–Trinajstić information content (AvgIpc) is 3.11. The topological polar surface area (TPSA) is 78.9 Å².